The Balaban J connectivity index is 2.96. The number of nitrogens with one attached hydrogen (secondary N) is 1. The molecule has 0 radical (unpaired) electrons. The second-order valence-electron chi connectivity index (χ2n) is 3.67. The van der Waals surface area contributed by atoms with Crippen LogP contribution in [0.5, 0.6) is 0 Å². The van der Waals surface area contributed by atoms with E-state index in [0.717, 1.165) is 0 Å². The molecule has 0 bridgehead atoms. The van der Waals surface area contributed by atoms with Gasteiger partial charge in [0.25, 0.3) is 0 Å². The average molecular weight is 307 g/mol. The molecule has 6 nitrogen and oxygen atoms in total. The van der Waals surface area contributed by atoms with Crippen molar-refractivity contribution in [3.63, 3.8) is 0 Å². The van der Waals surface area contributed by atoms with Crippen LogP contribution in [-0.2, 0) is 9.53 Å². The van der Waals surface area contributed by atoms with Crippen LogP contribution in [0.4, 0.5) is 5.69 Å². The zero-order valence-corrected chi connectivity index (χ0v) is 11.5. The third-order valence-electron chi connectivity index (χ3n) is 2.22. The van der Waals surface area contributed by atoms with Crippen molar-refractivity contribution in [2.45, 2.75) is 6.04 Å². The van der Waals surface area contributed by atoms with Crippen molar-refractivity contribution in [3.05, 3.63) is 27.7 Å². The summed E-state index contributed by atoms with van der Waals surface area (Å²) in [5, 5.41) is 11.3. The van der Waals surface area contributed by atoms with E-state index in [4.69, 9.17) is 38.8 Å². The Morgan fingerprint density at radius 3 is 2.37 bits per heavy atom. The molecule has 0 heterocycles. The molecule has 1 unspecified atom stereocenters. The van der Waals surface area contributed by atoms with Crippen LogP contribution >= 0.6 is 23.2 Å². The fraction of sp³-hybridized carbons (Fsp3) is 0.273. The molecule has 1 atom stereocenters. The SMILES string of the molecule is COCC(N)C(=O)Nc1c(Cl)cc(C(=O)O)cc1Cl. The van der Waals surface area contributed by atoms with Crippen LogP contribution in [0.2, 0.25) is 10.0 Å². The maximum atomic E-state index is 11.7. The minimum absolute atomic E-state index is 0.0165. The number of amides is 1. The molecule has 1 aromatic carbocycles. The highest BCUT2D eigenvalue weighted by Gasteiger charge is 2.18. The standard InChI is InChI=1S/C11H12Cl2N2O4/c1-19-4-8(14)10(16)15-9-6(12)2-5(11(17)18)3-7(9)13/h2-3,8H,4,14H2,1H3,(H,15,16)(H,17,18). The topological polar surface area (TPSA) is 102 Å². The van der Waals surface area contributed by atoms with Gasteiger partial charge in [0.15, 0.2) is 0 Å². The smallest absolute Gasteiger partial charge is 0.335 e. The predicted molar refractivity (Wildman–Crippen MR) is 71.9 cm³/mol. The third kappa shape index (κ3) is 4.07. The first-order chi connectivity index (χ1) is 8.86. The minimum atomic E-state index is -1.17. The maximum absolute atomic E-state index is 11.7. The molecule has 0 aromatic heterocycles. The Morgan fingerprint density at radius 2 is 1.95 bits per heavy atom. The van der Waals surface area contributed by atoms with Crippen molar-refractivity contribution in [3.8, 4) is 0 Å². The average Bonchev–Trinajstić information content (AvgIpc) is 2.33. The van der Waals surface area contributed by atoms with Crippen molar-refractivity contribution in [1.29, 1.82) is 0 Å². The van der Waals surface area contributed by atoms with Gasteiger partial charge in [-0.15, -0.1) is 0 Å². The number of carboxylic acid groups (broad SMARTS) is 1. The number of carbonyl (C=O) groups excluding carboxylic acids is 1. The lowest BCUT2D eigenvalue weighted by Crippen LogP contribution is -2.39. The molecule has 19 heavy (non-hydrogen) atoms. The van der Waals surface area contributed by atoms with Gasteiger partial charge >= 0.3 is 5.97 Å². The number of hydrogen-bond donors (Lipinski definition) is 3. The number of carboxylic acids is 1. The Kier molecular flexibility index (Phi) is 5.56. The Hall–Kier alpha value is -1.34. The van der Waals surface area contributed by atoms with Crippen LogP contribution in [0.1, 0.15) is 10.4 Å². The monoisotopic (exact) mass is 306 g/mol. The van der Waals surface area contributed by atoms with Gasteiger partial charge in [0, 0.05) is 7.11 Å². The number of anilines is 1. The first-order valence-corrected chi connectivity index (χ1v) is 5.90. The molecule has 1 aromatic rings. The zero-order chi connectivity index (χ0) is 14.6. The minimum Gasteiger partial charge on any atom is -0.478 e. The van der Waals surface area contributed by atoms with Crippen LogP contribution in [0.3, 0.4) is 0 Å². The lowest BCUT2D eigenvalue weighted by Gasteiger charge is -2.14. The van der Waals surface area contributed by atoms with Gasteiger partial charge in [-0.2, -0.15) is 0 Å². The lowest BCUT2D eigenvalue weighted by molar-refractivity contribution is -0.118. The van der Waals surface area contributed by atoms with Crippen molar-refractivity contribution < 1.29 is 19.4 Å². The number of carbonyl (C=O) groups is 2. The fourth-order valence-electron chi connectivity index (χ4n) is 1.29. The molecule has 1 rings (SSSR count). The Bertz CT molecular complexity index is 484. The Morgan fingerprint density at radius 1 is 1.42 bits per heavy atom. The summed E-state index contributed by atoms with van der Waals surface area (Å²) in [5.41, 5.74) is 5.58. The summed E-state index contributed by atoms with van der Waals surface area (Å²) in [6.45, 7) is 0.0360. The van der Waals surface area contributed by atoms with Gasteiger partial charge < -0.3 is 20.9 Å². The molecule has 0 aliphatic heterocycles. The number of aromatic carboxylic acids is 1. The first-order valence-electron chi connectivity index (χ1n) is 5.14. The van der Waals surface area contributed by atoms with Crippen LogP contribution in [0.25, 0.3) is 0 Å². The van der Waals surface area contributed by atoms with E-state index in [2.05, 4.69) is 5.32 Å². The van der Waals surface area contributed by atoms with Gasteiger partial charge in [0.05, 0.1) is 27.9 Å². The van der Waals surface area contributed by atoms with E-state index in [1.165, 1.54) is 19.2 Å². The van der Waals surface area contributed by atoms with Crippen molar-refractivity contribution >= 4 is 40.8 Å². The third-order valence-corrected chi connectivity index (χ3v) is 2.82. The number of nitrogens with two attached hydrogens (primary N) is 1. The van der Waals surface area contributed by atoms with E-state index in [0.29, 0.717) is 0 Å². The van der Waals surface area contributed by atoms with Crippen molar-refractivity contribution in [2.24, 2.45) is 5.73 Å². The van der Waals surface area contributed by atoms with Gasteiger partial charge in [-0.3, -0.25) is 4.79 Å². The molecule has 1 amide bonds. The molecule has 0 saturated heterocycles. The molecule has 0 aliphatic carbocycles. The van der Waals surface area contributed by atoms with Crippen LogP contribution in [0.15, 0.2) is 12.1 Å². The second kappa shape index (κ2) is 6.72. The highest BCUT2D eigenvalue weighted by Crippen LogP contribution is 2.31. The summed E-state index contributed by atoms with van der Waals surface area (Å²) < 4.78 is 4.74. The fourth-order valence-corrected chi connectivity index (χ4v) is 1.87. The quantitative estimate of drug-likeness (QED) is 0.767. The molecule has 8 heteroatoms. The molecule has 0 spiro atoms. The largest absolute Gasteiger partial charge is 0.478 e. The van der Waals surface area contributed by atoms with E-state index >= 15 is 0 Å². The summed E-state index contributed by atoms with van der Waals surface area (Å²) in [5.74, 6) is -1.70. The molecule has 0 aliphatic rings. The van der Waals surface area contributed by atoms with E-state index in [9.17, 15) is 9.59 Å². The van der Waals surface area contributed by atoms with Crippen LogP contribution in [0, 0.1) is 0 Å². The number of benzene rings is 1. The van der Waals surface area contributed by atoms with Crippen molar-refractivity contribution in [2.75, 3.05) is 19.0 Å². The molecule has 0 saturated carbocycles. The molecular weight excluding hydrogens is 295 g/mol. The normalized spacial score (nSPS) is 12.0. The summed E-state index contributed by atoms with van der Waals surface area (Å²) in [7, 11) is 1.41. The first kappa shape index (κ1) is 15.7. The summed E-state index contributed by atoms with van der Waals surface area (Å²) in [6.07, 6.45) is 0. The summed E-state index contributed by atoms with van der Waals surface area (Å²) in [4.78, 5) is 22.5. The lowest BCUT2D eigenvalue weighted by atomic mass is 10.2. The Labute approximate surface area is 119 Å². The van der Waals surface area contributed by atoms with E-state index in [1.54, 1.807) is 0 Å². The molecule has 4 N–H and O–H groups in total. The maximum Gasteiger partial charge on any atom is 0.335 e. The number of rotatable bonds is 5. The van der Waals surface area contributed by atoms with Gasteiger partial charge in [-0.1, -0.05) is 23.2 Å². The van der Waals surface area contributed by atoms with Crippen LogP contribution < -0.4 is 11.1 Å². The van der Waals surface area contributed by atoms with E-state index < -0.39 is 17.9 Å². The van der Waals surface area contributed by atoms with Gasteiger partial charge in [-0.25, -0.2) is 4.79 Å². The summed E-state index contributed by atoms with van der Waals surface area (Å²) in [6, 6.07) is 1.50. The summed E-state index contributed by atoms with van der Waals surface area (Å²) >= 11 is 11.7. The number of methoxy groups -OCH3 is 1. The zero-order valence-electron chi connectivity index (χ0n) is 9.94. The molecular formula is C11H12Cl2N2O4. The highest BCUT2D eigenvalue weighted by molar-refractivity contribution is 6.40. The van der Waals surface area contributed by atoms with Crippen LogP contribution in [-0.4, -0.2) is 36.7 Å². The van der Waals surface area contributed by atoms with E-state index in [1.807, 2.05) is 0 Å². The predicted octanol–water partition coefficient (Wildman–Crippen LogP) is 1.60. The molecule has 104 valence electrons. The van der Waals surface area contributed by atoms with E-state index in [-0.39, 0.29) is 27.9 Å². The molecule has 0 fully saturated rings. The highest BCUT2D eigenvalue weighted by atomic mass is 35.5. The van der Waals surface area contributed by atoms with Gasteiger partial charge in [0.2, 0.25) is 5.91 Å². The van der Waals surface area contributed by atoms with Gasteiger partial charge in [0.1, 0.15) is 6.04 Å². The number of halogens is 2. The van der Waals surface area contributed by atoms with Crippen molar-refractivity contribution in [1.82, 2.24) is 0 Å². The number of hydrogen-bond acceptors (Lipinski definition) is 4. The number of ether oxygens (including phenoxy) is 1. The second-order valence-corrected chi connectivity index (χ2v) is 4.49. The van der Waals surface area contributed by atoms with Gasteiger partial charge in [-0.05, 0) is 12.1 Å².